The molecule has 5 nitrogen and oxygen atoms in total. The first kappa shape index (κ1) is 34.5. The first-order valence-electron chi connectivity index (χ1n) is 16.4. The Morgan fingerprint density at radius 2 is 1.59 bits per heavy atom. The standard InChI is InChI=1S/C36H47F4N3O2Si/c1-23-21-43(22-24(2)34(23)45-46(6,7)35(3,4)5)31-12-15-41-20-25(31)8-9-27-10-11-28(37)33(42-27)32-29(38)18-26(19-30(32)39)36(40)13-16-44-17-14-36/h10-12,15,18-20,23-24,34H,8-9,13-14,16-17,21-22H2,1-7H3/t23-,24+,34?. The third-order valence-electron chi connectivity index (χ3n) is 10.2. The maximum atomic E-state index is 15.4. The SMILES string of the molecule is C[C@@H]1CN(c2ccncc2CCc2ccc(F)c(-c3c(F)cc(C4(F)CCOCC4)cc3F)n2)C[C@H](C)C1O[Si](C)(C)C(C)(C)C. The Morgan fingerprint density at radius 3 is 2.20 bits per heavy atom. The zero-order valence-electron chi connectivity index (χ0n) is 28.1. The van der Waals surface area contributed by atoms with E-state index in [1.54, 1.807) is 6.20 Å². The summed E-state index contributed by atoms with van der Waals surface area (Å²) >= 11 is 0. The molecule has 1 aromatic carbocycles. The topological polar surface area (TPSA) is 47.5 Å². The predicted molar refractivity (Wildman–Crippen MR) is 177 cm³/mol. The number of nitrogens with zero attached hydrogens (tertiary/aromatic N) is 3. The van der Waals surface area contributed by atoms with Gasteiger partial charge in [0.2, 0.25) is 0 Å². The van der Waals surface area contributed by atoms with Crippen molar-refractivity contribution in [1.29, 1.82) is 0 Å². The van der Waals surface area contributed by atoms with Gasteiger partial charge in [0.25, 0.3) is 0 Å². The first-order valence-corrected chi connectivity index (χ1v) is 19.3. The summed E-state index contributed by atoms with van der Waals surface area (Å²) in [5.41, 5.74) is -0.412. The molecule has 1 unspecified atom stereocenters. The molecule has 0 N–H and O–H groups in total. The Bertz CT molecular complexity index is 1500. The van der Waals surface area contributed by atoms with E-state index in [0.29, 0.717) is 30.4 Å². The van der Waals surface area contributed by atoms with E-state index in [1.807, 2.05) is 12.3 Å². The molecule has 0 bridgehead atoms. The molecule has 0 saturated carbocycles. The van der Waals surface area contributed by atoms with Gasteiger partial charge < -0.3 is 14.1 Å². The van der Waals surface area contributed by atoms with E-state index in [2.05, 4.69) is 62.6 Å². The van der Waals surface area contributed by atoms with Crippen LogP contribution in [0.2, 0.25) is 18.1 Å². The maximum Gasteiger partial charge on any atom is 0.192 e. The van der Waals surface area contributed by atoms with Crippen LogP contribution in [0.1, 0.15) is 64.3 Å². The number of aryl methyl sites for hydroxylation is 2. The lowest BCUT2D eigenvalue weighted by atomic mass is 9.87. The quantitative estimate of drug-likeness (QED) is 0.179. The van der Waals surface area contributed by atoms with E-state index in [0.717, 1.165) is 36.5 Å². The summed E-state index contributed by atoms with van der Waals surface area (Å²) in [4.78, 5) is 11.1. The summed E-state index contributed by atoms with van der Waals surface area (Å²) in [5, 5.41) is 0.138. The molecular formula is C36H47F4N3O2Si. The molecule has 2 aliphatic heterocycles. The van der Waals surface area contributed by atoms with Crippen molar-refractivity contribution in [3.05, 3.63) is 77.0 Å². The molecule has 0 amide bonds. The van der Waals surface area contributed by atoms with E-state index >= 15 is 13.2 Å². The van der Waals surface area contributed by atoms with Gasteiger partial charge in [0.1, 0.15) is 28.8 Å². The fourth-order valence-corrected chi connectivity index (χ4v) is 8.01. The van der Waals surface area contributed by atoms with Crippen molar-refractivity contribution in [2.24, 2.45) is 11.8 Å². The summed E-state index contributed by atoms with van der Waals surface area (Å²) in [5.74, 6) is -2.27. The molecule has 3 aromatic rings. The molecular weight excluding hydrogens is 610 g/mol. The van der Waals surface area contributed by atoms with Crippen molar-refractivity contribution >= 4 is 14.0 Å². The van der Waals surface area contributed by atoms with Crippen LogP contribution < -0.4 is 4.90 Å². The Kier molecular flexibility index (Phi) is 10.0. The Morgan fingerprint density at radius 1 is 0.957 bits per heavy atom. The number of rotatable bonds is 8. The number of ether oxygens (including phenoxy) is 1. The molecule has 5 rings (SSSR count). The van der Waals surface area contributed by atoms with E-state index in [4.69, 9.17) is 9.16 Å². The van der Waals surface area contributed by atoms with Gasteiger partial charge in [-0.1, -0.05) is 34.6 Å². The summed E-state index contributed by atoms with van der Waals surface area (Å²) in [6.07, 6.45) is 4.80. The van der Waals surface area contributed by atoms with Crippen LogP contribution in [0.3, 0.4) is 0 Å². The summed E-state index contributed by atoms with van der Waals surface area (Å²) in [7, 11) is -1.92. The van der Waals surface area contributed by atoms with Crippen molar-refractivity contribution < 1.29 is 26.7 Å². The normalized spacial score (nSPS) is 22.2. The third kappa shape index (κ3) is 7.19. The van der Waals surface area contributed by atoms with Gasteiger partial charge in [0.05, 0.1) is 11.7 Å². The van der Waals surface area contributed by atoms with Gasteiger partial charge in [-0.3, -0.25) is 4.98 Å². The molecule has 10 heteroatoms. The highest BCUT2D eigenvalue weighted by Gasteiger charge is 2.43. The van der Waals surface area contributed by atoms with Crippen LogP contribution in [0.15, 0.2) is 42.7 Å². The predicted octanol–water partition coefficient (Wildman–Crippen LogP) is 8.80. The lowest BCUT2D eigenvalue weighted by Crippen LogP contribution is -2.54. The smallest absolute Gasteiger partial charge is 0.192 e. The van der Waals surface area contributed by atoms with E-state index in [9.17, 15) is 4.39 Å². The Hall–Kier alpha value is -2.82. The van der Waals surface area contributed by atoms with E-state index < -0.39 is 42.7 Å². The van der Waals surface area contributed by atoms with Gasteiger partial charge in [-0.05, 0) is 84.3 Å². The van der Waals surface area contributed by atoms with Crippen LogP contribution in [-0.2, 0) is 27.7 Å². The largest absolute Gasteiger partial charge is 0.413 e. The first-order chi connectivity index (χ1) is 21.6. The van der Waals surface area contributed by atoms with Crippen LogP contribution in [0.5, 0.6) is 0 Å². The number of benzene rings is 1. The minimum absolute atomic E-state index is 0.00416. The van der Waals surface area contributed by atoms with Gasteiger partial charge in [0.15, 0.2) is 8.32 Å². The van der Waals surface area contributed by atoms with Crippen molar-refractivity contribution in [3.8, 4) is 11.3 Å². The van der Waals surface area contributed by atoms with Crippen molar-refractivity contribution in [2.75, 3.05) is 31.2 Å². The highest BCUT2D eigenvalue weighted by molar-refractivity contribution is 6.74. The summed E-state index contributed by atoms with van der Waals surface area (Å²) < 4.78 is 73.1. The monoisotopic (exact) mass is 657 g/mol. The molecule has 0 spiro atoms. The fraction of sp³-hybridized carbons (Fsp3) is 0.556. The van der Waals surface area contributed by atoms with Gasteiger partial charge in [-0.15, -0.1) is 0 Å². The average Bonchev–Trinajstić information content (AvgIpc) is 2.98. The van der Waals surface area contributed by atoms with Gasteiger partial charge in [0, 0.05) is 62.9 Å². The second-order valence-electron chi connectivity index (χ2n) is 14.7. The lowest BCUT2D eigenvalue weighted by molar-refractivity contribution is -0.0117. The van der Waals surface area contributed by atoms with Crippen LogP contribution >= 0.6 is 0 Å². The van der Waals surface area contributed by atoms with Crippen molar-refractivity contribution in [2.45, 2.75) is 90.2 Å². The highest BCUT2D eigenvalue weighted by atomic mass is 28.4. The number of anilines is 1. The van der Waals surface area contributed by atoms with E-state index in [1.165, 1.54) is 12.1 Å². The van der Waals surface area contributed by atoms with Crippen LogP contribution in [0.25, 0.3) is 11.3 Å². The fourth-order valence-electron chi connectivity index (χ4n) is 6.51. The number of pyridine rings is 2. The summed E-state index contributed by atoms with van der Waals surface area (Å²) in [6.45, 7) is 18.0. The molecule has 2 fully saturated rings. The second kappa shape index (κ2) is 13.4. The molecule has 2 aliphatic rings. The molecule has 3 atom stereocenters. The molecule has 46 heavy (non-hydrogen) atoms. The number of alkyl halides is 1. The molecule has 2 aromatic heterocycles. The van der Waals surface area contributed by atoms with Crippen LogP contribution in [0, 0.1) is 29.3 Å². The van der Waals surface area contributed by atoms with Gasteiger partial charge >= 0.3 is 0 Å². The molecule has 0 aliphatic carbocycles. The maximum absolute atomic E-state index is 15.4. The highest BCUT2D eigenvalue weighted by Crippen LogP contribution is 2.42. The Labute approximate surface area is 271 Å². The number of halogens is 4. The summed E-state index contributed by atoms with van der Waals surface area (Å²) in [6, 6.07) is 6.66. The molecule has 2 saturated heterocycles. The molecule has 0 radical (unpaired) electrons. The number of hydrogen-bond donors (Lipinski definition) is 0. The molecule has 4 heterocycles. The van der Waals surface area contributed by atoms with Crippen molar-refractivity contribution in [1.82, 2.24) is 9.97 Å². The second-order valence-corrected chi connectivity index (χ2v) is 19.5. The van der Waals surface area contributed by atoms with Crippen LogP contribution in [0.4, 0.5) is 23.2 Å². The average molecular weight is 658 g/mol. The van der Waals surface area contributed by atoms with Gasteiger partial charge in [-0.25, -0.2) is 22.5 Å². The zero-order chi connectivity index (χ0) is 33.4. The van der Waals surface area contributed by atoms with Crippen molar-refractivity contribution in [3.63, 3.8) is 0 Å². The number of aromatic nitrogens is 2. The molecule has 250 valence electrons. The zero-order valence-corrected chi connectivity index (χ0v) is 29.1. The lowest BCUT2D eigenvalue weighted by Gasteiger charge is -2.48. The minimum Gasteiger partial charge on any atom is -0.413 e. The third-order valence-corrected chi connectivity index (χ3v) is 14.7. The van der Waals surface area contributed by atoms with Gasteiger partial charge in [-0.2, -0.15) is 0 Å². The number of piperidine rings is 1. The minimum atomic E-state index is -1.92. The van der Waals surface area contributed by atoms with Crippen LogP contribution in [-0.4, -0.2) is 50.7 Å². The number of hydrogen-bond acceptors (Lipinski definition) is 5. The van der Waals surface area contributed by atoms with E-state index in [-0.39, 0.29) is 42.8 Å². The Balaban J connectivity index is 1.33.